The van der Waals surface area contributed by atoms with Crippen LogP contribution in [0.15, 0.2) is 77.7 Å². The molecule has 4 heteroatoms. The van der Waals surface area contributed by atoms with Crippen LogP contribution < -0.4 is 4.72 Å². The van der Waals surface area contributed by atoms with Crippen LogP contribution in [0.4, 0.5) is 0 Å². The van der Waals surface area contributed by atoms with Crippen molar-refractivity contribution in [1.29, 1.82) is 0 Å². The summed E-state index contributed by atoms with van der Waals surface area (Å²) in [6.07, 6.45) is 1.61. The fourth-order valence-corrected chi connectivity index (χ4v) is 3.77. The van der Waals surface area contributed by atoms with Crippen molar-refractivity contribution in [3.8, 4) is 0 Å². The van der Waals surface area contributed by atoms with Crippen molar-refractivity contribution >= 4 is 20.8 Å². The lowest BCUT2D eigenvalue weighted by Crippen LogP contribution is -2.25. The first-order chi connectivity index (χ1) is 11.2. The van der Waals surface area contributed by atoms with Crippen molar-refractivity contribution in [2.45, 2.75) is 17.7 Å². The third kappa shape index (κ3) is 3.78. The van der Waals surface area contributed by atoms with E-state index in [9.17, 15) is 8.42 Å². The number of benzene rings is 3. The zero-order valence-electron chi connectivity index (χ0n) is 12.8. The van der Waals surface area contributed by atoms with E-state index in [-0.39, 0.29) is 0 Å². The van der Waals surface area contributed by atoms with E-state index in [1.807, 2.05) is 18.2 Å². The Morgan fingerprint density at radius 1 is 0.783 bits per heavy atom. The zero-order chi connectivity index (χ0) is 16.1. The third-order valence-electron chi connectivity index (χ3n) is 3.85. The Balaban J connectivity index is 1.62. The average Bonchev–Trinajstić information content (AvgIpc) is 2.59. The minimum atomic E-state index is -3.41. The molecule has 0 aliphatic heterocycles. The molecule has 0 amide bonds. The Morgan fingerprint density at radius 3 is 2.30 bits per heavy atom. The molecule has 3 nitrogen and oxygen atoms in total. The minimum absolute atomic E-state index is 0.310. The fraction of sp³-hybridized carbons (Fsp3) is 0.158. The summed E-state index contributed by atoms with van der Waals surface area (Å²) in [5.41, 5.74) is 1.25. The van der Waals surface area contributed by atoms with Gasteiger partial charge in [0.1, 0.15) is 0 Å². The Hall–Kier alpha value is -2.17. The number of fused-ring (bicyclic) bond motifs is 1. The molecule has 0 fully saturated rings. The van der Waals surface area contributed by atoms with Gasteiger partial charge in [-0.2, -0.15) is 0 Å². The highest BCUT2D eigenvalue weighted by molar-refractivity contribution is 7.89. The molecule has 0 bridgehead atoms. The third-order valence-corrected chi connectivity index (χ3v) is 5.33. The van der Waals surface area contributed by atoms with E-state index in [0.717, 1.165) is 12.8 Å². The molecule has 0 aromatic heterocycles. The molecule has 3 rings (SSSR count). The van der Waals surface area contributed by atoms with Crippen LogP contribution in [-0.2, 0) is 16.4 Å². The van der Waals surface area contributed by atoms with Gasteiger partial charge in [0.15, 0.2) is 0 Å². The Kier molecular flexibility index (Phi) is 4.74. The van der Waals surface area contributed by atoms with Crippen LogP contribution in [0, 0.1) is 0 Å². The van der Waals surface area contributed by atoms with E-state index in [2.05, 4.69) is 29.0 Å². The van der Waals surface area contributed by atoms with Crippen molar-refractivity contribution < 1.29 is 8.42 Å². The number of sulfonamides is 1. The van der Waals surface area contributed by atoms with E-state index in [4.69, 9.17) is 0 Å². The van der Waals surface area contributed by atoms with E-state index in [1.165, 1.54) is 16.3 Å². The number of nitrogens with one attached hydrogen (secondary N) is 1. The molecule has 3 aromatic rings. The first-order valence-electron chi connectivity index (χ1n) is 7.68. The number of aryl methyl sites for hydroxylation is 1. The Morgan fingerprint density at radius 2 is 1.48 bits per heavy atom. The van der Waals surface area contributed by atoms with Gasteiger partial charge in [0.25, 0.3) is 0 Å². The van der Waals surface area contributed by atoms with Crippen molar-refractivity contribution in [2.24, 2.45) is 0 Å². The van der Waals surface area contributed by atoms with Gasteiger partial charge in [-0.25, -0.2) is 13.1 Å². The maximum absolute atomic E-state index is 12.1. The monoisotopic (exact) mass is 325 g/mol. The first-order valence-corrected chi connectivity index (χ1v) is 9.16. The van der Waals surface area contributed by atoms with E-state index in [0.29, 0.717) is 11.4 Å². The lowest BCUT2D eigenvalue weighted by Gasteiger charge is -2.08. The standard InChI is InChI=1S/C19H19NO2S/c21-23(22,18-12-2-1-3-13-18)20-15-7-11-17-10-6-9-16-8-4-5-14-19(16)17/h1-6,8-10,12-14,20H,7,11,15H2. The van der Waals surface area contributed by atoms with Crippen molar-refractivity contribution in [1.82, 2.24) is 4.72 Å². The topological polar surface area (TPSA) is 46.2 Å². The maximum Gasteiger partial charge on any atom is 0.240 e. The van der Waals surface area contributed by atoms with Gasteiger partial charge in [-0.05, 0) is 41.3 Å². The minimum Gasteiger partial charge on any atom is -0.211 e. The molecule has 0 atom stereocenters. The summed E-state index contributed by atoms with van der Waals surface area (Å²) in [5.74, 6) is 0. The largest absolute Gasteiger partial charge is 0.240 e. The molecule has 0 radical (unpaired) electrons. The molecular weight excluding hydrogens is 306 g/mol. The summed E-state index contributed by atoms with van der Waals surface area (Å²) in [4.78, 5) is 0.310. The lowest BCUT2D eigenvalue weighted by atomic mass is 10.0. The predicted molar refractivity (Wildman–Crippen MR) is 93.9 cm³/mol. The first kappa shape index (κ1) is 15.7. The fourth-order valence-electron chi connectivity index (χ4n) is 2.68. The average molecular weight is 325 g/mol. The van der Waals surface area contributed by atoms with Crippen LogP contribution in [0.1, 0.15) is 12.0 Å². The highest BCUT2D eigenvalue weighted by Crippen LogP contribution is 2.19. The van der Waals surface area contributed by atoms with Crippen molar-refractivity contribution in [2.75, 3.05) is 6.54 Å². The molecule has 0 spiro atoms. The van der Waals surface area contributed by atoms with Crippen LogP contribution in [-0.4, -0.2) is 15.0 Å². The van der Waals surface area contributed by atoms with Gasteiger partial charge in [0.2, 0.25) is 10.0 Å². The highest BCUT2D eigenvalue weighted by Gasteiger charge is 2.12. The molecule has 1 N–H and O–H groups in total. The SMILES string of the molecule is O=S(=O)(NCCCc1cccc2ccccc12)c1ccccc1. The van der Waals surface area contributed by atoms with Gasteiger partial charge in [-0.15, -0.1) is 0 Å². The van der Waals surface area contributed by atoms with E-state index in [1.54, 1.807) is 30.3 Å². The quantitative estimate of drug-likeness (QED) is 0.702. The second-order valence-electron chi connectivity index (χ2n) is 5.45. The van der Waals surface area contributed by atoms with Crippen LogP contribution >= 0.6 is 0 Å². The molecule has 23 heavy (non-hydrogen) atoms. The van der Waals surface area contributed by atoms with Crippen molar-refractivity contribution in [3.05, 3.63) is 78.4 Å². The number of rotatable bonds is 6. The lowest BCUT2D eigenvalue weighted by molar-refractivity contribution is 0.579. The molecule has 3 aromatic carbocycles. The molecule has 0 saturated carbocycles. The van der Waals surface area contributed by atoms with Crippen LogP contribution in [0.25, 0.3) is 10.8 Å². The van der Waals surface area contributed by atoms with Gasteiger partial charge in [0.05, 0.1) is 4.90 Å². The van der Waals surface area contributed by atoms with Crippen LogP contribution in [0.5, 0.6) is 0 Å². The summed E-state index contributed by atoms with van der Waals surface area (Å²) in [5, 5.41) is 2.45. The number of hydrogen-bond donors (Lipinski definition) is 1. The van der Waals surface area contributed by atoms with E-state index >= 15 is 0 Å². The van der Waals surface area contributed by atoms with Gasteiger partial charge >= 0.3 is 0 Å². The smallest absolute Gasteiger partial charge is 0.211 e. The Labute approximate surface area is 137 Å². The molecule has 0 heterocycles. The predicted octanol–water partition coefficient (Wildman–Crippen LogP) is 3.75. The van der Waals surface area contributed by atoms with Crippen molar-refractivity contribution in [3.63, 3.8) is 0 Å². The van der Waals surface area contributed by atoms with Crippen LogP contribution in [0.2, 0.25) is 0 Å². The summed E-state index contributed by atoms with van der Waals surface area (Å²) >= 11 is 0. The maximum atomic E-state index is 12.1. The van der Waals surface area contributed by atoms with Gasteiger partial charge in [-0.1, -0.05) is 60.7 Å². The van der Waals surface area contributed by atoms with Gasteiger partial charge in [0, 0.05) is 6.54 Å². The second-order valence-corrected chi connectivity index (χ2v) is 7.22. The zero-order valence-corrected chi connectivity index (χ0v) is 13.6. The summed E-state index contributed by atoms with van der Waals surface area (Å²) < 4.78 is 27.0. The molecule has 0 saturated heterocycles. The normalized spacial score (nSPS) is 11.7. The molecule has 118 valence electrons. The van der Waals surface area contributed by atoms with Crippen LogP contribution in [0.3, 0.4) is 0 Å². The highest BCUT2D eigenvalue weighted by atomic mass is 32.2. The van der Waals surface area contributed by atoms with Gasteiger partial charge < -0.3 is 0 Å². The molecule has 0 aliphatic rings. The second kappa shape index (κ2) is 6.94. The molecule has 0 aliphatic carbocycles. The molecular formula is C19H19NO2S. The number of hydrogen-bond acceptors (Lipinski definition) is 2. The van der Waals surface area contributed by atoms with Gasteiger partial charge in [-0.3, -0.25) is 0 Å². The summed E-state index contributed by atoms with van der Waals surface area (Å²) in [6.45, 7) is 0.431. The summed E-state index contributed by atoms with van der Waals surface area (Å²) in [6, 6.07) is 23.0. The van der Waals surface area contributed by atoms with E-state index < -0.39 is 10.0 Å². The summed E-state index contributed by atoms with van der Waals surface area (Å²) in [7, 11) is -3.41. The molecule has 0 unspecified atom stereocenters. The Bertz CT molecular complexity index is 884.